The summed E-state index contributed by atoms with van der Waals surface area (Å²) in [6, 6.07) is 0. The van der Waals surface area contributed by atoms with Crippen LogP contribution in [0.4, 0.5) is 5.69 Å². The Balaban J connectivity index is 2.42. The highest BCUT2D eigenvalue weighted by Gasteiger charge is 2.13. The van der Waals surface area contributed by atoms with Gasteiger partial charge in [0.05, 0.1) is 17.1 Å². The van der Waals surface area contributed by atoms with Gasteiger partial charge in [-0.3, -0.25) is 9.40 Å². The van der Waals surface area contributed by atoms with E-state index in [4.69, 9.17) is 0 Å². The van der Waals surface area contributed by atoms with Gasteiger partial charge in [0.25, 0.3) is 0 Å². The number of nitrogens with zero attached hydrogens (tertiary/aromatic N) is 2. The minimum Gasteiger partial charge on any atom is -0.317 e. The fourth-order valence-corrected chi connectivity index (χ4v) is 2.86. The Hall–Kier alpha value is -1.08. The largest absolute Gasteiger partial charge is 0.317 e. The average molecular weight is 274 g/mol. The number of hydrogen-bond acceptors (Lipinski definition) is 4. The van der Waals surface area contributed by atoms with Gasteiger partial charge in [0.15, 0.2) is 0 Å². The normalized spacial score (nSPS) is 11.7. The average Bonchev–Trinajstić information content (AvgIpc) is 2.56. The fraction of sp³-hybridized carbons (Fsp3) is 0.727. The molecule has 0 fully saturated rings. The third-order valence-electron chi connectivity index (χ3n) is 2.55. The van der Waals surface area contributed by atoms with Crippen LogP contribution in [0.1, 0.15) is 25.5 Å². The van der Waals surface area contributed by atoms with Gasteiger partial charge in [-0.2, -0.15) is 5.10 Å². The molecule has 18 heavy (non-hydrogen) atoms. The Morgan fingerprint density at radius 2 is 2.11 bits per heavy atom. The number of sulfonamides is 1. The highest BCUT2D eigenvalue weighted by atomic mass is 32.2. The van der Waals surface area contributed by atoms with Gasteiger partial charge >= 0.3 is 0 Å². The number of unbranched alkanes of at least 4 members (excludes halogenated alkanes) is 1. The van der Waals surface area contributed by atoms with Crippen LogP contribution in [-0.2, 0) is 17.1 Å². The first-order valence-electron chi connectivity index (χ1n) is 6.16. The molecule has 0 bridgehead atoms. The Morgan fingerprint density at radius 1 is 1.39 bits per heavy atom. The molecule has 6 nitrogen and oxygen atoms in total. The number of hydrogen-bond donors (Lipinski definition) is 2. The topological polar surface area (TPSA) is 76.0 Å². The lowest BCUT2D eigenvalue weighted by molar-refractivity contribution is 0.593. The van der Waals surface area contributed by atoms with Gasteiger partial charge < -0.3 is 5.32 Å². The van der Waals surface area contributed by atoms with E-state index in [1.165, 1.54) is 0 Å². The summed E-state index contributed by atoms with van der Waals surface area (Å²) in [6.45, 7) is 5.59. The van der Waals surface area contributed by atoms with Gasteiger partial charge in [-0.05, 0) is 32.9 Å². The predicted molar refractivity (Wildman–Crippen MR) is 73.1 cm³/mol. The third-order valence-corrected chi connectivity index (χ3v) is 3.90. The zero-order valence-electron chi connectivity index (χ0n) is 11.2. The number of aromatic nitrogens is 2. The van der Waals surface area contributed by atoms with Gasteiger partial charge in [-0.1, -0.05) is 6.92 Å². The van der Waals surface area contributed by atoms with Gasteiger partial charge in [-0.15, -0.1) is 0 Å². The van der Waals surface area contributed by atoms with E-state index in [0.717, 1.165) is 19.5 Å². The highest BCUT2D eigenvalue weighted by molar-refractivity contribution is 7.92. The maximum atomic E-state index is 11.8. The molecule has 0 aliphatic rings. The van der Waals surface area contributed by atoms with E-state index in [1.807, 2.05) is 6.92 Å². The highest BCUT2D eigenvalue weighted by Crippen LogP contribution is 2.13. The standard InChI is InChI=1S/C11H22N4O2S/c1-4-12-7-5-6-8-18(16,17)14-11-9-15(3)13-10(11)2/h9,12,14H,4-8H2,1-3H3. The summed E-state index contributed by atoms with van der Waals surface area (Å²) in [7, 11) is -1.50. The van der Waals surface area contributed by atoms with Crippen molar-refractivity contribution >= 4 is 15.7 Å². The molecule has 0 aliphatic heterocycles. The molecule has 0 amide bonds. The summed E-state index contributed by atoms with van der Waals surface area (Å²) < 4.78 is 27.8. The molecule has 104 valence electrons. The first-order valence-corrected chi connectivity index (χ1v) is 7.81. The Bertz CT molecular complexity index is 467. The molecule has 1 aromatic heterocycles. The van der Waals surface area contributed by atoms with Crippen molar-refractivity contribution in [2.45, 2.75) is 26.7 Å². The maximum absolute atomic E-state index is 11.8. The lowest BCUT2D eigenvalue weighted by atomic mass is 10.3. The quantitative estimate of drug-likeness (QED) is 0.689. The summed E-state index contributed by atoms with van der Waals surface area (Å²) in [4.78, 5) is 0. The molecular formula is C11H22N4O2S. The number of nitrogens with one attached hydrogen (secondary N) is 2. The van der Waals surface area contributed by atoms with Gasteiger partial charge in [0.1, 0.15) is 0 Å². The number of anilines is 1. The summed E-state index contributed by atoms with van der Waals surface area (Å²) >= 11 is 0. The maximum Gasteiger partial charge on any atom is 0.232 e. The van der Waals surface area contributed by atoms with Crippen LogP contribution >= 0.6 is 0 Å². The van der Waals surface area contributed by atoms with Crippen LogP contribution in [0.25, 0.3) is 0 Å². The Labute approximate surface area is 109 Å². The molecule has 1 aromatic rings. The summed E-state index contributed by atoms with van der Waals surface area (Å²) in [5, 5.41) is 7.26. The third kappa shape index (κ3) is 5.05. The van der Waals surface area contributed by atoms with Crippen molar-refractivity contribution < 1.29 is 8.42 Å². The molecule has 0 aliphatic carbocycles. The van der Waals surface area contributed by atoms with Crippen molar-refractivity contribution in [1.82, 2.24) is 15.1 Å². The number of aryl methyl sites for hydroxylation is 2. The van der Waals surface area contributed by atoms with E-state index in [-0.39, 0.29) is 5.75 Å². The SMILES string of the molecule is CCNCCCCS(=O)(=O)Nc1cn(C)nc1C. The molecule has 0 atom stereocenters. The van der Waals surface area contributed by atoms with Crippen LogP contribution in [0.3, 0.4) is 0 Å². The second-order valence-corrected chi connectivity index (χ2v) is 6.13. The van der Waals surface area contributed by atoms with E-state index < -0.39 is 10.0 Å². The van der Waals surface area contributed by atoms with Crippen molar-refractivity contribution in [3.05, 3.63) is 11.9 Å². The van der Waals surface area contributed by atoms with Crippen LogP contribution in [0.15, 0.2) is 6.20 Å². The van der Waals surface area contributed by atoms with Crippen molar-refractivity contribution in [3.8, 4) is 0 Å². The van der Waals surface area contributed by atoms with Gasteiger partial charge in [0.2, 0.25) is 10.0 Å². The van der Waals surface area contributed by atoms with Gasteiger partial charge in [-0.25, -0.2) is 8.42 Å². The van der Waals surface area contributed by atoms with Crippen LogP contribution < -0.4 is 10.0 Å². The summed E-state index contributed by atoms with van der Waals surface area (Å²) in [5.74, 6) is 0.146. The fourth-order valence-electron chi connectivity index (χ4n) is 1.64. The first-order chi connectivity index (χ1) is 8.44. The van der Waals surface area contributed by atoms with E-state index in [2.05, 4.69) is 15.1 Å². The second kappa shape index (κ2) is 6.75. The molecule has 0 unspecified atom stereocenters. The molecule has 1 rings (SSSR count). The monoisotopic (exact) mass is 274 g/mol. The molecule has 7 heteroatoms. The smallest absolute Gasteiger partial charge is 0.232 e. The molecule has 0 aromatic carbocycles. The van der Waals surface area contributed by atoms with E-state index in [0.29, 0.717) is 17.8 Å². The van der Waals surface area contributed by atoms with Crippen molar-refractivity contribution in [2.75, 3.05) is 23.6 Å². The summed E-state index contributed by atoms with van der Waals surface area (Å²) in [5.41, 5.74) is 1.25. The molecular weight excluding hydrogens is 252 g/mol. The molecule has 0 radical (unpaired) electrons. The zero-order valence-corrected chi connectivity index (χ0v) is 12.0. The molecule has 0 spiro atoms. The van der Waals surface area contributed by atoms with Crippen molar-refractivity contribution in [3.63, 3.8) is 0 Å². The zero-order chi connectivity index (χ0) is 13.6. The van der Waals surface area contributed by atoms with Crippen LogP contribution in [0.2, 0.25) is 0 Å². The second-order valence-electron chi connectivity index (χ2n) is 4.28. The Kier molecular flexibility index (Phi) is 5.61. The first kappa shape index (κ1) is 15.0. The van der Waals surface area contributed by atoms with Crippen LogP contribution in [0, 0.1) is 6.92 Å². The molecule has 2 N–H and O–H groups in total. The van der Waals surface area contributed by atoms with E-state index >= 15 is 0 Å². The molecule has 0 saturated heterocycles. The molecule has 0 saturated carbocycles. The number of rotatable bonds is 8. The van der Waals surface area contributed by atoms with Gasteiger partial charge in [0, 0.05) is 13.2 Å². The van der Waals surface area contributed by atoms with Crippen molar-refractivity contribution in [1.29, 1.82) is 0 Å². The lowest BCUT2D eigenvalue weighted by Crippen LogP contribution is -2.19. The minimum absolute atomic E-state index is 0.146. The van der Waals surface area contributed by atoms with Crippen LogP contribution in [0.5, 0.6) is 0 Å². The summed E-state index contributed by atoms with van der Waals surface area (Å²) in [6.07, 6.45) is 3.19. The molecule has 1 heterocycles. The van der Waals surface area contributed by atoms with Crippen molar-refractivity contribution in [2.24, 2.45) is 7.05 Å². The van der Waals surface area contributed by atoms with Crippen LogP contribution in [-0.4, -0.2) is 37.0 Å². The van der Waals surface area contributed by atoms with E-state index in [9.17, 15) is 8.42 Å². The lowest BCUT2D eigenvalue weighted by Gasteiger charge is -2.06. The predicted octanol–water partition coefficient (Wildman–Crippen LogP) is 0.860. The minimum atomic E-state index is -3.26. The Morgan fingerprint density at radius 3 is 2.67 bits per heavy atom. The van der Waals surface area contributed by atoms with E-state index in [1.54, 1.807) is 24.9 Å².